The summed E-state index contributed by atoms with van der Waals surface area (Å²) in [5.41, 5.74) is 3.02. The van der Waals surface area contributed by atoms with E-state index in [4.69, 9.17) is 26.5 Å². The molecule has 1 N–H and O–H groups in total. The highest BCUT2D eigenvalue weighted by atomic mass is 32.1. The molecule has 3 heterocycles. The van der Waals surface area contributed by atoms with Gasteiger partial charge in [0, 0.05) is 12.2 Å². The maximum Gasteiger partial charge on any atom is 0.258 e. The van der Waals surface area contributed by atoms with Crippen molar-refractivity contribution in [1.82, 2.24) is 20.4 Å². The lowest BCUT2D eigenvalue weighted by Gasteiger charge is -2.38. The minimum atomic E-state index is -0.191. The Bertz CT molecular complexity index is 1070. The Morgan fingerprint density at radius 3 is 2.68 bits per heavy atom. The predicted octanol–water partition coefficient (Wildman–Crippen LogP) is 5.52. The smallest absolute Gasteiger partial charge is 0.258 e. The van der Waals surface area contributed by atoms with Crippen molar-refractivity contribution in [3.05, 3.63) is 58.9 Å². The summed E-state index contributed by atoms with van der Waals surface area (Å²) in [5, 5.41) is 10.4. The number of hydrogen-bond donors (Lipinski definition) is 1. The Hall–Kier alpha value is -2.71. The highest BCUT2D eigenvalue weighted by Crippen LogP contribution is 2.38. The van der Waals surface area contributed by atoms with E-state index >= 15 is 0 Å². The van der Waals surface area contributed by atoms with Gasteiger partial charge in [-0.3, -0.25) is 0 Å². The van der Waals surface area contributed by atoms with Crippen molar-refractivity contribution in [1.29, 1.82) is 0 Å². The van der Waals surface area contributed by atoms with E-state index in [1.54, 1.807) is 11.3 Å². The number of allylic oxidation sites excluding steroid dienone is 1. The average Bonchev–Trinajstić information content (AvgIpc) is 3.43. The zero-order valence-electron chi connectivity index (χ0n) is 18.1. The summed E-state index contributed by atoms with van der Waals surface area (Å²) in [4.78, 5) is 7.82. The minimum Gasteiger partial charge on any atom is -0.494 e. The Morgan fingerprint density at radius 2 is 2.03 bits per heavy atom. The van der Waals surface area contributed by atoms with Crippen LogP contribution in [0.2, 0.25) is 0 Å². The maximum atomic E-state index is 5.75. The third-order valence-corrected chi connectivity index (χ3v) is 6.27. The van der Waals surface area contributed by atoms with Crippen molar-refractivity contribution < 1.29 is 9.26 Å². The molecule has 0 saturated carbocycles. The third kappa shape index (κ3) is 4.50. The molecule has 31 heavy (non-hydrogen) atoms. The van der Waals surface area contributed by atoms with Gasteiger partial charge < -0.3 is 19.5 Å². The lowest BCUT2D eigenvalue weighted by molar-refractivity contribution is 0.340. The molecule has 4 rings (SSSR count). The number of hydrogen-bond acceptors (Lipinski definition) is 6. The molecule has 0 bridgehead atoms. The molecule has 0 amide bonds. The van der Waals surface area contributed by atoms with Crippen molar-refractivity contribution in [3.8, 4) is 16.5 Å². The second kappa shape index (κ2) is 9.20. The SMILES string of the molecule is CCOc1ccc(C2NC(=S)N(CC(C)C)C(C)=C2c2nc(-c3cccs3)no2)cc1. The first-order valence-electron chi connectivity index (χ1n) is 10.4. The number of thiocarbonyl (C=S) groups is 1. The number of rotatable bonds is 7. The van der Waals surface area contributed by atoms with Crippen molar-refractivity contribution in [2.45, 2.75) is 33.7 Å². The highest BCUT2D eigenvalue weighted by molar-refractivity contribution is 7.80. The molecule has 1 aliphatic rings. The molecule has 0 spiro atoms. The maximum absolute atomic E-state index is 5.75. The fourth-order valence-corrected chi connectivity index (χ4v) is 4.63. The van der Waals surface area contributed by atoms with Crippen LogP contribution in [0.3, 0.4) is 0 Å². The third-order valence-electron chi connectivity index (χ3n) is 5.07. The van der Waals surface area contributed by atoms with Gasteiger partial charge in [0.15, 0.2) is 5.11 Å². The zero-order valence-corrected chi connectivity index (χ0v) is 19.7. The van der Waals surface area contributed by atoms with Gasteiger partial charge in [-0.1, -0.05) is 37.2 Å². The van der Waals surface area contributed by atoms with Gasteiger partial charge in [-0.2, -0.15) is 4.98 Å². The van der Waals surface area contributed by atoms with Gasteiger partial charge in [0.25, 0.3) is 5.89 Å². The van der Waals surface area contributed by atoms with E-state index in [1.165, 1.54) is 0 Å². The van der Waals surface area contributed by atoms with E-state index in [1.807, 2.05) is 48.7 Å². The first-order valence-corrected chi connectivity index (χ1v) is 11.7. The van der Waals surface area contributed by atoms with E-state index in [9.17, 15) is 0 Å². The van der Waals surface area contributed by atoms with Gasteiger partial charge >= 0.3 is 0 Å². The van der Waals surface area contributed by atoms with Gasteiger partial charge in [0.2, 0.25) is 5.82 Å². The van der Waals surface area contributed by atoms with Gasteiger partial charge in [-0.05, 0) is 61.1 Å². The molecule has 0 radical (unpaired) electrons. The predicted molar refractivity (Wildman–Crippen MR) is 128 cm³/mol. The molecule has 0 saturated heterocycles. The summed E-state index contributed by atoms with van der Waals surface area (Å²) in [5.74, 6) is 2.39. The van der Waals surface area contributed by atoms with Crippen LogP contribution in [0.1, 0.15) is 45.2 Å². The van der Waals surface area contributed by atoms with Crippen LogP contribution in [0, 0.1) is 5.92 Å². The summed E-state index contributed by atoms with van der Waals surface area (Å²) < 4.78 is 11.4. The van der Waals surface area contributed by atoms with E-state index in [-0.39, 0.29) is 6.04 Å². The zero-order chi connectivity index (χ0) is 22.0. The molecule has 6 nitrogen and oxygen atoms in total. The van der Waals surface area contributed by atoms with Crippen molar-refractivity contribution in [2.24, 2.45) is 5.92 Å². The van der Waals surface area contributed by atoms with Gasteiger partial charge in [0.05, 0.1) is 23.1 Å². The Labute approximate surface area is 191 Å². The van der Waals surface area contributed by atoms with Crippen LogP contribution >= 0.6 is 23.6 Å². The Kier molecular flexibility index (Phi) is 6.38. The minimum absolute atomic E-state index is 0.191. The molecular weight excluding hydrogens is 428 g/mol. The number of thiophene rings is 1. The van der Waals surface area contributed by atoms with Crippen molar-refractivity contribution >= 4 is 34.2 Å². The topological polar surface area (TPSA) is 63.4 Å². The number of nitrogens with zero attached hydrogens (tertiary/aromatic N) is 3. The lowest BCUT2D eigenvalue weighted by Crippen LogP contribution is -2.47. The summed E-state index contributed by atoms with van der Waals surface area (Å²) in [6.07, 6.45) is 0. The van der Waals surface area contributed by atoms with Crippen LogP contribution in [0.25, 0.3) is 16.3 Å². The molecule has 1 aromatic carbocycles. The van der Waals surface area contributed by atoms with E-state index < -0.39 is 0 Å². The normalized spacial score (nSPS) is 16.7. The Balaban J connectivity index is 1.77. The molecule has 1 unspecified atom stereocenters. The molecule has 1 aliphatic heterocycles. The molecular formula is C23H26N4O2S2. The molecule has 162 valence electrons. The van der Waals surface area contributed by atoms with E-state index in [2.05, 4.69) is 36.1 Å². The lowest BCUT2D eigenvalue weighted by atomic mass is 9.94. The number of aromatic nitrogens is 2. The van der Waals surface area contributed by atoms with Crippen molar-refractivity contribution in [2.75, 3.05) is 13.2 Å². The fraction of sp³-hybridized carbons (Fsp3) is 0.348. The summed E-state index contributed by atoms with van der Waals surface area (Å²) in [7, 11) is 0. The number of nitrogens with one attached hydrogen (secondary N) is 1. The first-order chi connectivity index (χ1) is 15.0. The van der Waals surface area contributed by atoms with Crippen molar-refractivity contribution in [3.63, 3.8) is 0 Å². The quantitative estimate of drug-likeness (QED) is 0.472. The second-order valence-corrected chi connectivity index (χ2v) is 9.12. The number of ether oxygens (including phenoxy) is 1. The van der Waals surface area contributed by atoms with Crippen LogP contribution in [0.5, 0.6) is 5.75 Å². The van der Waals surface area contributed by atoms with Gasteiger partial charge in [-0.15, -0.1) is 11.3 Å². The van der Waals surface area contributed by atoms with E-state index in [0.29, 0.717) is 29.4 Å². The molecule has 0 aliphatic carbocycles. The van der Waals surface area contributed by atoms with Crippen LogP contribution < -0.4 is 10.1 Å². The summed E-state index contributed by atoms with van der Waals surface area (Å²) in [6.45, 7) is 9.84. The molecule has 2 aromatic heterocycles. The first kappa shape index (κ1) is 21.5. The fourth-order valence-electron chi connectivity index (χ4n) is 3.66. The van der Waals surface area contributed by atoms with Gasteiger partial charge in [0.1, 0.15) is 5.75 Å². The molecule has 0 fully saturated rings. The largest absolute Gasteiger partial charge is 0.494 e. The van der Waals surface area contributed by atoms with Crippen LogP contribution in [0.4, 0.5) is 0 Å². The Morgan fingerprint density at radius 1 is 1.26 bits per heavy atom. The molecule has 8 heteroatoms. The van der Waals surface area contributed by atoms with Crippen LogP contribution in [-0.2, 0) is 0 Å². The van der Waals surface area contributed by atoms with E-state index in [0.717, 1.165) is 34.0 Å². The molecule has 3 aromatic rings. The number of benzene rings is 1. The standard InChI is InChI=1S/C23H26N4O2S2/c1-5-28-17-10-8-16(9-11-17)20-19(15(4)27(13-14(2)3)23(30)24-20)22-25-21(26-29-22)18-7-6-12-31-18/h6-12,14,20H,5,13H2,1-4H3,(H,24,30). The monoisotopic (exact) mass is 454 g/mol. The molecule has 1 atom stereocenters. The van der Waals surface area contributed by atoms with Crippen LogP contribution in [0.15, 0.2) is 52.0 Å². The van der Waals surface area contributed by atoms with Crippen LogP contribution in [-0.4, -0.2) is 33.3 Å². The summed E-state index contributed by atoms with van der Waals surface area (Å²) in [6, 6.07) is 11.8. The highest BCUT2D eigenvalue weighted by Gasteiger charge is 2.34. The second-order valence-electron chi connectivity index (χ2n) is 7.79. The average molecular weight is 455 g/mol. The van der Waals surface area contributed by atoms with Gasteiger partial charge in [-0.25, -0.2) is 0 Å². The summed E-state index contributed by atoms with van der Waals surface area (Å²) >= 11 is 7.32.